The Morgan fingerprint density at radius 2 is 1.26 bits per heavy atom. The maximum absolute atomic E-state index is 12.7. The predicted molar refractivity (Wildman–Crippen MR) is 138 cm³/mol. The second-order valence-electron chi connectivity index (χ2n) is 8.16. The smallest absolute Gasteiger partial charge is 0.335 e. The Bertz CT molecular complexity index is 1370. The number of para-hydroxylation sites is 1. The summed E-state index contributed by atoms with van der Waals surface area (Å²) in [6.45, 7) is 0. The highest BCUT2D eigenvalue weighted by atomic mass is 32.2. The first-order chi connectivity index (χ1) is 16.4. The molecule has 34 heavy (non-hydrogen) atoms. The van der Waals surface area contributed by atoms with Crippen LogP contribution in [0.2, 0.25) is 0 Å². The van der Waals surface area contributed by atoms with Gasteiger partial charge >= 0.3 is 5.97 Å². The summed E-state index contributed by atoms with van der Waals surface area (Å²) in [5, 5.41) is 11.3. The van der Waals surface area contributed by atoms with Crippen LogP contribution < -0.4 is 9.21 Å². The van der Waals surface area contributed by atoms with Crippen molar-refractivity contribution < 1.29 is 18.7 Å². The fourth-order valence-electron chi connectivity index (χ4n) is 4.28. The molecule has 0 spiro atoms. The average molecular weight is 475 g/mol. The molecular formula is C27H26N2O4S. The van der Waals surface area contributed by atoms with Crippen molar-refractivity contribution in [2.24, 2.45) is 0 Å². The zero-order valence-electron chi connectivity index (χ0n) is 19.0. The van der Waals surface area contributed by atoms with E-state index in [0.29, 0.717) is 24.2 Å². The second-order valence-corrected chi connectivity index (χ2v) is 8.99. The molecule has 0 aliphatic carbocycles. The quantitative estimate of drug-likeness (QED) is 0.322. The van der Waals surface area contributed by atoms with Crippen molar-refractivity contribution in [3.8, 4) is 0 Å². The summed E-state index contributed by atoms with van der Waals surface area (Å²) in [6.07, 6.45) is 1.01. The van der Waals surface area contributed by atoms with Gasteiger partial charge in [-0.3, -0.25) is 4.55 Å². The molecule has 0 radical (unpaired) electrons. The summed E-state index contributed by atoms with van der Waals surface area (Å²) in [5.74, 6) is -0.963. The van der Waals surface area contributed by atoms with Crippen LogP contribution in [0.25, 0.3) is 10.8 Å². The van der Waals surface area contributed by atoms with E-state index in [4.69, 9.17) is 0 Å². The van der Waals surface area contributed by atoms with E-state index in [1.54, 1.807) is 12.1 Å². The molecular weight excluding hydrogens is 448 g/mol. The summed E-state index contributed by atoms with van der Waals surface area (Å²) in [4.78, 5) is 13.6. The molecule has 0 bridgehead atoms. The summed E-state index contributed by atoms with van der Waals surface area (Å²) in [6, 6.07) is 26.0. The normalized spacial score (nSPS) is 11.9. The molecule has 1 unspecified atom stereocenters. The van der Waals surface area contributed by atoms with Gasteiger partial charge in [-0.2, -0.15) is 0 Å². The predicted octanol–water partition coefficient (Wildman–Crippen LogP) is 5.66. The molecule has 0 aromatic heterocycles. The third kappa shape index (κ3) is 4.66. The minimum atomic E-state index is -2.32. The largest absolute Gasteiger partial charge is 0.478 e. The number of aryl methyl sites for hydroxylation is 2. The monoisotopic (exact) mass is 474 g/mol. The Morgan fingerprint density at radius 1 is 0.735 bits per heavy atom. The fourth-order valence-corrected chi connectivity index (χ4v) is 4.95. The number of nitrogens with zero attached hydrogens (tertiary/aromatic N) is 2. The van der Waals surface area contributed by atoms with Gasteiger partial charge in [-0.05, 0) is 48.2 Å². The molecule has 6 nitrogen and oxygen atoms in total. The molecule has 0 fully saturated rings. The molecule has 174 valence electrons. The van der Waals surface area contributed by atoms with Crippen molar-refractivity contribution >= 4 is 45.1 Å². The molecule has 1 atom stereocenters. The topological polar surface area (TPSA) is 81.1 Å². The van der Waals surface area contributed by atoms with E-state index < -0.39 is 17.2 Å². The number of hydrogen-bond donors (Lipinski definition) is 2. The van der Waals surface area contributed by atoms with Gasteiger partial charge in [0, 0.05) is 30.6 Å². The van der Waals surface area contributed by atoms with Crippen LogP contribution in [-0.2, 0) is 24.1 Å². The van der Waals surface area contributed by atoms with Crippen LogP contribution in [0, 0.1) is 0 Å². The lowest BCUT2D eigenvalue weighted by Gasteiger charge is -2.25. The van der Waals surface area contributed by atoms with E-state index in [2.05, 4.69) is 0 Å². The molecule has 4 aromatic carbocycles. The molecule has 4 rings (SSSR count). The van der Waals surface area contributed by atoms with Crippen LogP contribution in [0.1, 0.15) is 21.5 Å². The maximum atomic E-state index is 12.7. The Morgan fingerprint density at radius 3 is 1.91 bits per heavy atom. The van der Waals surface area contributed by atoms with Crippen LogP contribution >= 0.6 is 0 Å². The zero-order valence-corrected chi connectivity index (χ0v) is 19.8. The molecule has 4 aromatic rings. The van der Waals surface area contributed by atoms with Crippen molar-refractivity contribution in [1.29, 1.82) is 0 Å². The molecule has 0 aliphatic heterocycles. The zero-order chi connectivity index (χ0) is 24.2. The summed E-state index contributed by atoms with van der Waals surface area (Å²) in [5.41, 5.74) is 4.10. The molecule has 0 heterocycles. The van der Waals surface area contributed by atoms with Crippen LogP contribution in [0.4, 0.5) is 17.1 Å². The lowest BCUT2D eigenvalue weighted by Crippen LogP contribution is -2.21. The maximum Gasteiger partial charge on any atom is 0.335 e. The van der Waals surface area contributed by atoms with E-state index in [1.165, 1.54) is 4.31 Å². The minimum absolute atomic E-state index is 0.271. The second kappa shape index (κ2) is 10.1. The van der Waals surface area contributed by atoms with E-state index in [0.717, 1.165) is 27.6 Å². The number of fused-ring (bicyclic) bond motifs is 1. The van der Waals surface area contributed by atoms with Crippen molar-refractivity contribution in [3.05, 3.63) is 102 Å². The first kappa shape index (κ1) is 23.5. The van der Waals surface area contributed by atoms with Gasteiger partial charge in [0.25, 0.3) is 11.3 Å². The molecule has 0 saturated carbocycles. The number of carbonyl (C=O) groups is 1. The average Bonchev–Trinajstić information content (AvgIpc) is 2.83. The Labute approximate surface area is 201 Å². The van der Waals surface area contributed by atoms with E-state index in [1.807, 2.05) is 91.8 Å². The van der Waals surface area contributed by atoms with Crippen LogP contribution in [0.5, 0.6) is 0 Å². The lowest BCUT2D eigenvalue weighted by atomic mass is 9.98. The van der Waals surface area contributed by atoms with E-state index in [9.17, 15) is 18.7 Å². The molecule has 7 heteroatoms. The van der Waals surface area contributed by atoms with Gasteiger partial charge in [-0.25, -0.2) is 13.3 Å². The highest BCUT2D eigenvalue weighted by Gasteiger charge is 2.21. The Kier molecular flexibility index (Phi) is 6.95. The molecule has 2 N–H and O–H groups in total. The van der Waals surface area contributed by atoms with Gasteiger partial charge in [0.1, 0.15) is 0 Å². The van der Waals surface area contributed by atoms with Crippen molar-refractivity contribution in [2.45, 2.75) is 12.8 Å². The molecule has 0 saturated heterocycles. The Balaban J connectivity index is 1.78. The van der Waals surface area contributed by atoms with Gasteiger partial charge in [0.2, 0.25) is 0 Å². The number of carboxylic acid groups (broad SMARTS) is 1. The lowest BCUT2D eigenvalue weighted by molar-refractivity contribution is 0.0695. The number of aromatic carboxylic acids is 1. The van der Waals surface area contributed by atoms with Crippen molar-refractivity contribution in [3.63, 3.8) is 0 Å². The first-order valence-corrected chi connectivity index (χ1v) is 11.9. The fraction of sp³-hybridized carbons (Fsp3) is 0.148. The SMILES string of the molecule is CN(C)c1cccc2c(N(c3ccccc3CCc3ccccc3C(=O)O)S(=O)O)cccc12. The number of rotatable bonds is 8. The Hall–Kier alpha value is -3.68. The standard InChI is InChI=1S/C27H26N2O4S/c1-28(2)25-15-7-13-23-22(25)12-8-16-26(23)29(34(32)33)24-14-6-4-10-20(24)18-17-19-9-3-5-11-21(19)27(30)31/h3-16H,17-18H2,1-2H3,(H,30,31)(H,32,33). The number of benzene rings is 4. The van der Waals surface area contributed by atoms with Gasteiger partial charge in [0.15, 0.2) is 0 Å². The van der Waals surface area contributed by atoms with Gasteiger partial charge in [-0.1, -0.05) is 60.7 Å². The van der Waals surface area contributed by atoms with E-state index in [-0.39, 0.29) is 5.56 Å². The number of anilines is 3. The summed E-state index contributed by atoms with van der Waals surface area (Å²) in [7, 11) is 3.93. The van der Waals surface area contributed by atoms with Crippen LogP contribution in [0.3, 0.4) is 0 Å². The highest BCUT2D eigenvalue weighted by molar-refractivity contribution is 7.81. The van der Waals surface area contributed by atoms with Gasteiger partial charge in [-0.15, -0.1) is 0 Å². The van der Waals surface area contributed by atoms with Crippen molar-refractivity contribution in [2.75, 3.05) is 23.3 Å². The van der Waals surface area contributed by atoms with Gasteiger partial charge in [0.05, 0.1) is 16.9 Å². The summed E-state index contributed by atoms with van der Waals surface area (Å²) >= 11 is -2.32. The number of hydrogen-bond acceptors (Lipinski definition) is 3. The minimum Gasteiger partial charge on any atom is -0.478 e. The number of carboxylic acids is 1. The van der Waals surface area contributed by atoms with Crippen molar-refractivity contribution in [1.82, 2.24) is 0 Å². The molecule has 0 amide bonds. The van der Waals surface area contributed by atoms with Crippen LogP contribution in [-0.4, -0.2) is 33.9 Å². The third-order valence-electron chi connectivity index (χ3n) is 5.85. The first-order valence-electron chi connectivity index (χ1n) is 10.9. The summed E-state index contributed by atoms with van der Waals surface area (Å²) < 4.78 is 24.5. The third-order valence-corrected chi connectivity index (χ3v) is 6.56. The van der Waals surface area contributed by atoms with Crippen LogP contribution in [0.15, 0.2) is 84.9 Å². The highest BCUT2D eigenvalue weighted by Crippen LogP contribution is 2.38. The molecule has 0 aliphatic rings. The van der Waals surface area contributed by atoms with Gasteiger partial charge < -0.3 is 10.0 Å². The van der Waals surface area contributed by atoms with E-state index >= 15 is 0 Å².